The molecule has 34 heavy (non-hydrogen) atoms. The van der Waals surface area contributed by atoms with Crippen LogP contribution in [0.4, 0.5) is 10.1 Å². The average molecular weight is 532 g/mol. The molecule has 186 valence electrons. The Morgan fingerprint density at radius 3 is 2.24 bits per heavy atom. The van der Waals surface area contributed by atoms with Gasteiger partial charge in [0.15, 0.2) is 0 Å². The number of carbonyl (C=O) groups excluding carboxylic acids is 2. The van der Waals surface area contributed by atoms with Crippen LogP contribution in [0.2, 0.25) is 10.0 Å². The van der Waals surface area contributed by atoms with E-state index in [9.17, 15) is 22.4 Å². The molecule has 2 aromatic carbocycles. The molecule has 2 aromatic rings. The molecule has 1 N–H and O–H groups in total. The fraction of sp³-hybridized carbons (Fsp3) is 0.391. The van der Waals surface area contributed by atoms with E-state index in [4.69, 9.17) is 23.2 Å². The molecule has 0 aromatic heterocycles. The highest BCUT2D eigenvalue weighted by Gasteiger charge is 2.30. The number of amides is 2. The molecule has 2 atom stereocenters. The van der Waals surface area contributed by atoms with Crippen LogP contribution in [0.5, 0.6) is 0 Å². The Morgan fingerprint density at radius 2 is 1.71 bits per heavy atom. The third kappa shape index (κ3) is 7.58. The Balaban J connectivity index is 2.39. The lowest BCUT2D eigenvalue weighted by Gasteiger charge is -2.32. The summed E-state index contributed by atoms with van der Waals surface area (Å²) >= 11 is 11.8. The van der Waals surface area contributed by atoms with Crippen LogP contribution in [-0.4, -0.2) is 50.0 Å². The van der Waals surface area contributed by atoms with Gasteiger partial charge in [-0.25, -0.2) is 12.8 Å². The zero-order chi connectivity index (χ0) is 25.6. The molecule has 0 fully saturated rings. The minimum absolute atomic E-state index is 0.0328. The van der Waals surface area contributed by atoms with Gasteiger partial charge in [-0.15, -0.1) is 0 Å². The van der Waals surface area contributed by atoms with Gasteiger partial charge in [0.1, 0.15) is 18.4 Å². The van der Waals surface area contributed by atoms with E-state index in [0.717, 1.165) is 22.7 Å². The molecule has 2 amide bonds. The van der Waals surface area contributed by atoms with Crippen LogP contribution in [-0.2, 0) is 26.2 Å². The van der Waals surface area contributed by atoms with Gasteiger partial charge in [-0.3, -0.25) is 13.9 Å². The number of nitrogens with zero attached hydrogens (tertiary/aromatic N) is 2. The summed E-state index contributed by atoms with van der Waals surface area (Å²) in [7, 11) is -3.94. The van der Waals surface area contributed by atoms with Crippen LogP contribution >= 0.6 is 23.2 Å². The fourth-order valence-electron chi connectivity index (χ4n) is 3.09. The predicted octanol–water partition coefficient (Wildman–Crippen LogP) is 4.23. The standard InChI is InChI=1S/C23H28Cl2FN3O4S/c1-5-15(2)27-23(31)16(3)28(13-17-6-8-18(24)9-7-17)22(30)14-29(34(4,32)33)19-10-11-21(26)20(25)12-19/h6-12,15-16H,5,13-14H2,1-4H3,(H,27,31)/t15-,16-/m0/s1. The van der Waals surface area contributed by atoms with E-state index in [1.807, 2.05) is 13.8 Å². The molecule has 0 aliphatic rings. The summed E-state index contributed by atoms with van der Waals surface area (Å²) in [6.45, 7) is 4.79. The van der Waals surface area contributed by atoms with Crippen LogP contribution in [0.15, 0.2) is 42.5 Å². The predicted molar refractivity (Wildman–Crippen MR) is 133 cm³/mol. The summed E-state index contributed by atoms with van der Waals surface area (Å²) in [5.74, 6) is -1.70. The molecule has 0 unspecified atom stereocenters. The highest BCUT2D eigenvalue weighted by Crippen LogP contribution is 2.25. The lowest BCUT2D eigenvalue weighted by molar-refractivity contribution is -0.139. The molecular weight excluding hydrogens is 504 g/mol. The van der Waals surface area contributed by atoms with Crippen molar-refractivity contribution in [1.29, 1.82) is 0 Å². The Morgan fingerprint density at radius 1 is 1.09 bits per heavy atom. The van der Waals surface area contributed by atoms with Gasteiger partial charge in [0.05, 0.1) is 17.0 Å². The molecule has 0 spiro atoms. The van der Waals surface area contributed by atoms with E-state index in [1.54, 1.807) is 31.2 Å². The van der Waals surface area contributed by atoms with Gasteiger partial charge >= 0.3 is 0 Å². The van der Waals surface area contributed by atoms with E-state index >= 15 is 0 Å². The molecule has 0 bridgehead atoms. The maximum Gasteiger partial charge on any atom is 0.244 e. The third-order valence-electron chi connectivity index (χ3n) is 5.30. The van der Waals surface area contributed by atoms with E-state index in [2.05, 4.69) is 5.32 Å². The second kappa shape index (κ2) is 11.9. The molecule has 7 nitrogen and oxygen atoms in total. The smallest absolute Gasteiger partial charge is 0.244 e. The first-order chi connectivity index (χ1) is 15.8. The van der Waals surface area contributed by atoms with Gasteiger partial charge in [0, 0.05) is 17.6 Å². The number of benzene rings is 2. The number of anilines is 1. The Bertz CT molecular complexity index is 1130. The Kier molecular flexibility index (Phi) is 9.73. The summed E-state index contributed by atoms with van der Waals surface area (Å²) in [4.78, 5) is 27.5. The molecule has 0 aliphatic carbocycles. The number of sulfonamides is 1. The van der Waals surface area contributed by atoms with Crippen LogP contribution in [0, 0.1) is 5.82 Å². The van der Waals surface area contributed by atoms with E-state index in [-0.39, 0.29) is 29.2 Å². The van der Waals surface area contributed by atoms with Gasteiger partial charge in [0.25, 0.3) is 0 Å². The van der Waals surface area contributed by atoms with Crippen molar-refractivity contribution in [2.45, 2.75) is 45.8 Å². The molecule has 0 saturated heterocycles. The van der Waals surface area contributed by atoms with Gasteiger partial charge in [-0.1, -0.05) is 42.3 Å². The van der Waals surface area contributed by atoms with Crippen LogP contribution in [0.25, 0.3) is 0 Å². The Hall–Kier alpha value is -2.36. The van der Waals surface area contributed by atoms with Crippen molar-refractivity contribution < 1.29 is 22.4 Å². The number of rotatable bonds is 10. The van der Waals surface area contributed by atoms with Gasteiger partial charge < -0.3 is 10.2 Å². The number of halogens is 3. The van der Waals surface area contributed by atoms with Crippen molar-refractivity contribution in [3.05, 3.63) is 63.9 Å². The topological polar surface area (TPSA) is 86.8 Å². The highest BCUT2D eigenvalue weighted by molar-refractivity contribution is 7.92. The molecule has 0 heterocycles. The summed E-state index contributed by atoms with van der Waals surface area (Å²) in [6, 6.07) is 9.14. The van der Waals surface area contributed by atoms with Crippen molar-refractivity contribution in [3.8, 4) is 0 Å². The van der Waals surface area contributed by atoms with Crippen LogP contribution in [0.1, 0.15) is 32.8 Å². The molecular formula is C23H28Cl2FN3O4S. The maximum absolute atomic E-state index is 13.6. The monoisotopic (exact) mass is 531 g/mol. The van der Waals surface area contributed by atoms with Crippen molar-refractivity contribution in [3.63, 3.8) is 0 Å². The van der Waals surface area contributed by atoms with Crippen molar-refractivity contribution >= 4 is 50.7 Å². The number of carbonyl (C=O) groups is 2. The van der Waals surface area contributed by atoms with Crippen molar-refractivity contribution in [2.75, 3.05) is 17.1 Å². The molecule has 11 heteroatoms. The Labute approximate surface area is 209 Å². The molecule has 2 rings (SSSR count). The van der Waals surface area contributed by atoms with E-state index < -0.39 is 34.3 Å². The van der Waals surface area contributed by atoms with Gasteiger partial charge in [-0.2, -0.15) is 0 Å². The number of nitrogens with one attached hydrogen (secondary N) is 1. The second-order valence-electron chi connectivity index (χ2n) is 8.01. The number of hydrogen-bond acceptors (Lipinski definition) is 4. The molecule has 0 radical (unpaired) electrons. The maximum atomic E-state index is 13.6. The highest BCUT2D eigenvalue weighted by atomic mass is 35.5. The lowest BCUT2D eigenvalue weighted by atomic mass is 10.1. The number of hydrogen-bond donors (Lipinski definition) is 1. The molecule has 0 aliphatic heterocycles. The minimum atomic E-state index is -3.94. The van der Waals surface area contributed by atoms with Crippen LogP contribution in [0.3, 0.4) is 0 Å². The average Bonchev–Trinajstić information content (AvgIpc) is 2.77. The fourth-order valence-corrected chi connectivity index (χ4v) is 4.23. The third-order valence-corrected chi connectivity index (χ3v) is 6.99. The summed E-state index contributed by atoms with van der Waals surface area (Å²) < 4.78 is 39.4. The van der Waals surface area contributed by atoms with E-state index in [0.29, 0.717) is 17.0 Å². The quantitative estimate of drug-likeness (QED) is 0.496. The van der Waals surface area contributed by atoms with Crippen LogP contribution < -0.4 is 9.62 Å². The largest absolute Gasteiger partial charge is 0.352 e. The lowest BCUT2D eigenvalue weighted by Crippen LogP contribution is -2.52. The first-order valence-electron chi connectivity index (χ1n) is 10.6. The summed E-state index contributed by atoms with van der Waals surface area (Å²) in [5.41, 5.74) is 0.738. The first kappa shape index (κ1) is 27.9. The molecule has 0 saturated carbocycles. The van der Waals surface area contributed by atoms with Crippen molar-refractivity contribution in [2.24, 2.45) is 0 Å². The zero-order valence-electron chi connectivity index (χ0n) is 19.4. The van der Waals surface area contributed by atoms with E-state index in [1.165, 1.54) is 11.0 Å². The first-order valence-corrected chi connectivity index (χ1v) is 13.2. The zero-order valence-corrected chi connectivity index (χ0v) is 21.7. The summed E-state index contributed by atoms with van der Waals surface area (Å²) in [5, 5.41) is 3.08. The summed E-state index contributed by atoms with van der Waals surface area (Å²) in [6.07, 6.45) is 1.64. The van der Waals surface area contributed by atoms with Gasteiger partial charge in [0.2, 0.25) is 21.8 Å². The van der Waals surface area contributed by atoms with Crippen molar-refractivity contribution in [1.82, 2.24) is 10.2 Å². The minimum Gasteiger partial charge on any atom is -0.352 e. The normalized spacial score (nSPS) is 13.1. The second-order valence-corrected chi connectivity index (χ2v) is 10.8. The van der Waals surface area contributed by atoms with Gasteiger partial charge in [-0.05, 0) is 56.2 Å². The SMILES string of the molecule is CC[C@H](C)NC(=O)[C@H](C)N(Cc1ccc(Cl)cc1)C(=O)CN(c1ccc(F)c(Cl)c1)S(C)(=O)=O.